The molecule has 0 radical (unpaired) electrons. The maximum atomic E-state index is 12.1. The van der Waals surface area contributed by atoms with Crippen LogP contribution in [0.15, 0.2) is 28.7 Å². The Hall–Kier alpha value is -1.40. The molecule has 1 unspecified atom stereocenters. The van der Waals surface area contributed by atoms with E-state index in [1.54, 1.807) is 11.0 Å². The van der Waals surface area contributed by atoms with Gasteiger partial charge in [0.1, 0.15) is 6.04 Å². The summed E-state index contributed by atoms with van der Waals surface area (Å²) < 4.78 is 0.887. The number of rotatable bonds is 4. The zero-order valence-corrected chi connectivity index (χ0v) is 13.3. The normalized spacial score (nSPS) is 19.8. The molecule has 1 heterocycles. The van der Waals surface area contributed by atoms with Gasteiger partial charge in [0.05, 0.1) is 6.54 Å². The van der Waals surface area contributed by atoms with Gasteiger partial charge in [-0.2, -0.15) is 0 Å². The van der Waals surface area contributed by atoms with Crippen molar-refractivity contribution in [2.45, 2.75) is 31.7 Å². The predicted molar refractivity (Wildman–Crippen MR) is 84.2 cm³/mol. The highest BCUT2D eigenvalue weighted by molar-refractivity contribution is 9.10. The van der Waals surface area contributed by atoms with E-state index >= 15 is 0 Å². The number of halogens is 1. The summed E-state index contributed by atoms with van der Waals surface area (Å²) in [4.78, 5) is 25.2. The molecule has 0 spiro atoms. The zero-order chi connectivity index (χ0) is 15.2. The fraction of sp³-hybridized carbons (Fsp3) is 0.467. The standard InChI is InChI=1S/C15H19BrN2O3/c16-11-5-4-6-12(9-11)17-14(19)10-18-8-3-1-2-7-13(18)15(20)21/h4-6,9,13H,1-3,7-8,10H2,(H,17,19)(H,20,21). The lowest BCUT2D eigenvalue weighted by Gasteiger charge is -2.25. The van der Waals surface area contributed by atoms with Crippen LogP contribution in [-0.4, -0.2) is 41.0 Å². The number of aliphatic carboxylic acids is 1. The van der Waals surface area contributed by atoms with E-state index in [2.05, 4.69) is 21.2 Å². The van der Waals surface area contributed by atoms with Gasteiger partial charge in [-0.15, -0.1) is 0 Å². The molecule has 1 aliphatic rings. The van der Waals surface area contributed by atoms with Gasteiger partial charge in [-0.05, 0) is 37.6 Å². The van der Waals surface area contributed by atoms with E-state index < -0.39 is 12.0 Å². The monoisotopic (exact) mass is 354 g/mol. The first-order chi connectivity index (χ1) is 10.1. The third-order valence-electron chi connectivity index (χ3n) is 3.60. The van der Waals surface area contributed by atoms with E-state index in [9.17, 15) is 14.7 Å². The molecule has 2 rings (SSSR count). The van der Waals surface area contributed by atoms with Gasteiger partial charge < -0.3 is 10.4 Å². The minimum atomic E-state index is -0.841. The van der Waals surface area contributed by atoms with Crippen LogP contribution in [0.25, 0.3) is 0 Å². The molecule has 0 aliphatic carbocycles. The smallest absolute Gasteiger partial charge is 0.320 e. The molecule has 1 atom stereocenters. The molecule has 114 valence electrons. The molecule has 2 N–H and O–H groups in total. The van der Waals surface area contributed by atoms with Crippen molar-refractivity contribution < 1.29 is 14.7 Å². The van der Waals surface area contributed by atoms with Crippen LogP contribution < -0.4 is 5.32 Å². The second-order valence-electron chi connectivity index (χ2n) is 5.23. The summed E-state index contributed by atoms with van der Waals surface area (Å²) in [5.74, 6) is -1.02. The molecule has 0 aromatic heterocycles. The Balaban J connectivity index is 1.97. The van der Waals surface area contributed by atoms with Crippen LogP contribution in [0.3, 0.4) is 0 Å². The van der Waals surface area contributed by atoms with Crippen molar-refractivity contribution in [2.24, 2.45) is 0 Å². The summed E-state index contributed by atoms with van der Waals surface area (Å²) in [5, 5.41) is 12.1. The van der Waals surface area contributed by atoms with Gasteiger partial charge in [-0.1, -0.05) is 34.8 Å². The number of carboxylic acid groups (broad SMARTS) is 1. The van der Waals surface area contributed by atoms with Gasteiger partial charge in [0, 0.05) is 10.2 Å². The molecule has 1 amide bonds. The summed E-state index contributed by atoms with van der Waals surface area (Å²) >= 11 is 3.35. The van der Waals surface area contributed by atoms with E-state index in [1.165, 1.54) is 0 Å². The first-order valence-corrected chi connectivity index (χ1v) is 7.88. The molecule has 1 aromatic carbocycles. The van der Waals surface area contributed by atoms with Crippen molar-refractivity contribution in [3.8, 4) is 0 Å². The molecule has 6 heteroatoms. The van der Waals surface area contributed by atoms with Crippen molar-refractivity contribution >= 4 is 33.5 Å². The number of benzene rings is 1. The van der Waals surface area contributed by atoms with Crippen LogP contribution in [-0.2, 0) is 9.59 Å². The molecule has 21 heavy (non-hydrogen) atoms. The van der Waals surface area contributed by atoms with E-state index in [0.29, 0.717) is 18.7 Å². The van der Waals surface area contributed by atoms with Gasteiger partial charge in [-0.3, -0.25) is 14.5 Å². The first kappa shape index (κ1) is 16.0. The molecule has 0 saturated carbocycles. The minimum Gasteiger partial charge on any atom is -0.480 e. The van der Waals surface area contributed by atoms with Gasteiger partial charge in [-0.25, -0.2) is 0 Å². The summed E-state index contributed by atoms with van der Waals surface area (Å²) in [6.45, 7) is 0.770. The van der Waals surface area contributed by atoms with Gasteiger partial charge in [0.25, 0.3) is 0 Å². The van der Waals surface area contributed by atoms with Crippen molar-refractivity contribution in [2.75, 3.05) is 18.4 Å². The topological polar surface area (TPSA) is 69.6 Å². The summed E-state index contributed by atoms with van der Waals surface area (Å²) in [6, 6.07) is 6.78. The number of nitrogens with one attached hydrogen (secondary N) is 1. The predicted octanol–water partition coefficient (Wildman–Crippen LogP) is 2.72. The number of anilines is 1. The van der Waals surface area contributed by atoms with Gasteiger partial charge in [0.15, 0.2) is 0 Å². The Labute approximate surface area is 132 Å². The van der Waals surface area contributed by atoms with Crippen LogP contribution in [0.4, 0.5) is 5.69 Å². The Morgan fingerprint density at radius 2 is 2.14 bits per heavy atom. The molecule has 5 nitrogen and oxygen atoms in total. The Kier molecular flexibility index (Phi) is 5.76. The number of carbonyl (C=O) groups is 2. The number of carboxylic acids is 1. The number of hydrogen-bond acceptors (Lipinski definition) is 3. The SMILES string of the molecule is O=C(CN1CCCCCC1C(=O)O)Nc1cccc(Br)c1. The first-order valence-electron chi connectivity index (χ1n) is 7.08. The van der Waals surface area contributed by atoms with E-state index in [-0.39, 0.29) is 12.5 Å². The van der Waals surface area contributed by atoms with Crippen molar-refractivity contribution in [1.29, 1.82) is 0 Å². The fourth-order valence-corrected chi connectivity index (χ4v) is 2.99. The van der Waals surface area contributed by atoms with E-state index in [0.717, 1.165) is 23.7 Å². The molecule has 1 saturated heterocycles. The highest BCUT2D eigenvalue weighted by Crippen LogP contribution is 2.18. The molecule has 0 bridgehead atoms. The van der Waals surface area contributed by atoms with Gasteiger partial charge in [0.2, 0.25) is 5.91 Å². The molecule has 1 fully saturated rings. The van der Waals surface area contributed by atoms with Crippen LogP contribution in [0.2, 0.25) is 0 Å². The summed E-state index contributed by atoms with van der Waals surface area (Å²) in [6.07, 6.45) is 3.47. The van der Waals surface area contributed by atoms with Crippen LogP contribution >= 0.6 is 15.9 Å². The average molecular weight is 355 g/mol. The van der Waals surface area contributed by atoms with Crippen LogP contribution in [0, 0.1) is 0 Å². The Bertz CT molecular complexity index is 521. The summed E-state index contributed by atoms with van der Waals surface area (Å²) in [5.41, 5.74) is 0.705. The lowest BCUT2D eigenvalue weighted by atomic mass is 10.1. The van der Waals surface area contributed by atoms with Crippen LogP contribution in [0.1, 0.15) is 25.7 Å². The molecule has 1 aliphatic heterocycles. The highest BCUT2D eigenvalue weighted by atomic mass is 79.9. The molecule has 1 aromatic rings. The third-order valence-corrected chi connectivity index (χ3v) is 4.10. The van der Waals surface area contributed by atoms with E-state index in [1.807, 2.05) is 18.2 Å². The largest absolute Gasteiger partial charge is 0.480 e. The number of nitrogens with zero attached hydrogens (tertiary/aromatic N) is 1. The van der Waals surface area contributed by atoms with Crippen molar-refractivity contribution in [3.05, 3.63) is 28.7 Å². The van der Waals surface area contributed by atoms with Crippen LogP contribution in [0.5, 0.6) is 0 Å². The third kappa shape index (κ3) is 4.82. The fourth-order valence-electron chi connectivity index (χ4n) is 2.59. The lowest BCUT2D eigenvalue weighted by molar-refractivity contribution is -0.143. The highest BCUT2D eigenvalue weighted by Gasteiger charge is 2.28. The molecular formula is C15H19BrN2O3. The zero-order valence-electron chi connectivity index (χ0n) is 11.7. The van der Waals surface area contributed by atoms with E-state index in [4.69, 9.17) is 0 Å². The second kappa shape index (κ2) is 7.56. The minimum absolute atomic E-state index is 0.115. The molecular weight excluding hydrogens is 336 g/mol. The lowest BCUT2D eigenvalue weighted by Crippen LogP contribution is -2.44. The number of amides is 1. The average Bonchev–Trinajstić information content (AvgIpc) is 2.64. The van der Waals surface area contributed by atoms with Gasteiger partial charge >= 0.3 is 5.97 Å². The Morgan fingerprint density at radius 3 is 2.86 bits per heavy atom. The number of hydrogen-bond donors (Lipinski definition) is 2. The maximum Gasteiger partial charge on any atom is 0.320 e. The van der Waals surface area contributed by atoms with Crippen molar-refractivity contribution in [3.63, 3.8) is 0 Å². The maximum absolute atomic E-state index is 12.1. The number of likely N-dealkylation sites (tertiary alicyclic amines) is 1. The number of carbonyl (C=O) groups excluding carboxylic acids is 1. The van der Waals surface area contributed by atoms with Crippen molar-refractivity contribution in [1.82, 2.24) is 4.90 Å². The summed E-state index contributed by atoms with van der Waals surface area (Å²) in [7, 11) is 0. The Morgan fingerprint density at radius 1 is 1.33 bits per heavy atom. The second-order valence-corrected chi connectivity index (χ2v) is 6.15. The quantitative estimate of drug-likeness (QED) is 0.871.